The van der Waals surface area contributed by atoms with Gasteiger partial charge in [0.15, 0.2) is 0 Å². The van der Waals surface area contributed by atoms with Crippen molar-refractivity contribution in [2.24, 2.45) is 11.1 Å². The standard InChI is InChI=1S/C20H32N2O2/c1-8-24-16-13-20(21,19(16,5)6)17(23)22(7)15-11-9-14(10-12-15)18(2,3)4/h9-12,16H,8,13,21H2,1-7H3. The summed E-state index contributed by atoms with van der Waals surface area (Å²) in [5.41, 5.74) is 7.46. The van der Waals surface area contributed by atoms with Gasteiger partial charge in [-0.15, -0.1) is 0 Å². The van der Waals surface area contributed by atoms with Crippen LogP contribution in [0.1, 0.15) is 53.5 Å². The van der Waals surface area contributed by atoms with E-state index in [4.69, 9.17) is 10.5 Å². The van der Waals surface area contributed by atoms with Crippen molar-refractivity contribution in [3.05, 3.63) is 29.8 Å². The number of rotatable bonds is 4. The highest BCUT2D eigenvalue weighted by atomic mass is 16.5. The fourth-order valence-electron chi connectivity index (χ4n) is 3.40. The minimum atomic E-state index is -0.885. The van der Waals surface area contributed by atoms with Gasteiger partial charge in [-0.05, 0) is 30.0 Å². The van der Waals surface area contributed by atoms with E-state index in [0.717, 1.165) is 5.69 Å². The molecular formula is C20H32N2O2. The predicted molar refractivity (Wildman–Crippen MR) is 99.3 cm³/mol. The van der Waals surface area contributed by atoms with Crippen molar-refractivity contribution in [1.82, 2.24) is 0 Å². The van der Waals surface area contributed by atoms with Crippen LogP contribution in [-0.4, -0.2) is 31.2 Å². The van der Waals surface area contributed by atoms with Crippen LogP contribution in [0.25, 0.3) is 0 Å². The first kappa shape index (κ1) is 18.9. The normalized spacial score (nSPS) is 25.9. The van der Waals surface area contributed by atoms with Crippen LogP contribution in [0.4, 0.5) is 5.69 Å². The Morgan fingerprint density at radius 2 is 1.83 bits per heavy atom. The average Bonchev–Trinajstić information content (AvgIpc) is 2.52. The highest BCUT2D eigenvalue weighted by Crippen LogP contribution is 2.50. The van der Waals surface area contributed by atoms with E-state index in [2.05, 4.69) is 32.9 Å². The van der Waals surface area contributed by atoms with E-state index in [0.29, 0.717) is 13.0 Å². The van der Waals surface area contributed by atoms with Crippen molar-refractivity contribution in [3.8, 4) is 0 Å². The predicted octanol–water partition coefficient (Wildman–Crippen LogP) is 3.48. The first-order valence-corrected chi connectivity index (χ1v) is 8.74. The van der Waals surface area contributed by atoms with Crippen molar-refractivity contribution in [2.45, 2.75) is 65.0 Å². The zero-order valence-corrected chi connectivity index (χ0v) is 16.1. The number of amides is 1. The summed E-state index contributed by atoms with van der Waals surface area (Å²) in [6, 6.07) is 8.15. The molecule has 1 aromatic rings. The fraction of sp³-hybridized carbons (Fsp3) is 0.650. The number of anilines is 1. The Balaban J connectivity index is 2.18. The molecule has 0 heterocycles. The van der Waals surface area contributed by atoms with Crippen molar-refractivity contribution in [3.63, 3.8) is 0 Å². The molecule has 134 valence electrons. The summed E-state index contributed by atoms with van der Waals surface area (Å²) >= 11 is 0. The molecule has 0 spiro atoms. The van der Waals surface area contributed by atoms with Crippen LogP contribution >= 0.6 is 0 Å². The number of nitrogens with zero attached hydrogens (tertiary/aromatic N) is 1. The number of likely N-dealkylation sites (N-methyl/N-ethyl adjacent to an activating group) is 1. The second-order valence-corrected chi connectivity index (χ2v) is 8.50. The third kappa shape index (κ3) is 2.98. The van der Waals surface area contributed by atoms with Gasteiger partial charge in [0.05, 0.1) is 6.10 Å². The molecule has 2 unspecified atom stereocenters. The lowest BCUT2D eigenvalue weighted by Gasteiger charge is -2.58. The van der Waals surface area contributed by atoms with E-state index in [1.165, 1.54) is 5.56 Å². The molecule has 2 atom stereocenters. The van der Waals surface area contributed by atoms with Crippen LogP contribution < -0.4 is 10.6 Å². The third-order valence-electron chi connectivity index (χ3n) is 5.64. The third-order valence-corrected chi connectivity index (χ3v) is 5.64. The molecule has 24 heavy (non-hydrogen) atoms. The van der Waals surface area contributed by atoms with E-state index in [1.807, 2.05) is 32.9 Å². The summed E-state index contributed by atoms with van der Waals surface area (Å²) in [7, 11) is 1.80. The molecule has 0 radical (unpaired) electrons. The average molecular weight is 332 g/mol. The molecule has 0 bridgehead atoms. The molecule has 4 nitrogen and oxygen atoms in total. The van der Waals surface area contributed by atoms with Crippen LogP contribution in [0.3, 0.4) is 0 Å². The van der Waals surface area contributed by atoms with E-state index in [9.17, 15) is 4.79 Å². The molecule has 1 amide bonds. The summed E-state index contributed by atoms with van der Waals surface area (Å²) in [6.45, 7) is 13.2. The van der Waals surface area contributed by atoms with Crippen LogP contribution in [0.2, 0.25) is 0 Å². The number of benzene rings is 1. The van der Waals surface area contributed by atoms with Crippen LogP contribution in [0.5, 0.6) is 0 Å². The van der Waals surface area contributed by atoms with E-state index >= 15 is 0 Å². The van der Waals surface area contributed by atoms with Gasteiger partial charge in [-0.1, -0.05) is 46.8 Å². The lowest BCUT2D eigenvalue weighted by molar-refractivity contribution is -0.168. The highest BCUT2D eigenvalue weighted by Gasteiger charge is 2.63. The van der Waals surface area contributed by atoms with Gasteiger partial charge in [0.2, 0.25) is 5.91 Å². The van der Waals surface area contributed by atoms with Gasteiger partial charge in [0.1, 0.15) is 5.54 Å². The number of ether oxygens (including phenoxy) is 1. The maximum atomic E-state index is 13.0. The van der Waals surface area contributed by atoms with Gasteiger partial charge in [-0.2, -0.15) is 0 Å². The number of nitrogens with two attached hydrogens (primary N) is 1. The SMILES string of the molecule is CCOC1CC(N)(C(=O)N(C)c2ccc(C(C)(C)C)cc2)C1(C)C. The van der Waals surface area contributed by atoms with E-state index in [1.54, 1.807) is 11.9 Å². The number of carbonyl (C=O) groups excluding carboxylic acids is 1. The van der Waals surface area contributed by atoms with Gasteiger partial charge in [0.25, 0.3) is 0 Å². The first-order valence-electron chi connectivity index (χ1n) is 8.74. The molecule has 0 aromatic heterocycles. The molecule has 1 aliphatic rings. The quantitative estimate of drug-likeness (QED) is 0.918. The van der Waals surface area contributed by atoms with Gasteiger partial charge < -0.3 is 15.4 Å². The largest absolute Gasteiger partial charge is 0.378 e. The molecule has 1 aliphatic carbocycles. The Labute approximate surface area is 146 Å². The zero-order valence-electron chi connectivity index (χ0n) is 16.1. The first-order chi connectivity index (χ1) is 10.9. The van der Waals surface area contributed by atoms with Crippen molar-refractivity contribution < 1.29 is 9.53 Å². The molecule has 0 saturated heterocycles. The number of carbonyl (C=O) groups is 1. The van der Waals surface area contributed by atoms with Gasteiger partial charge in [-0.25, -0.2) is 0 Å². The summed E-state index contributed by atoms with van der Waals surface area (Å²) < 4.78 is 5.73. The molecule has 1 saturated carbocycles. The lowest BCUT2D eigenvalue weighted by atomic mass is 9.54. The molecule has 4 heteroatoms. The van der Waals surface area contributed by atoms with Crippen molar-refractivity contribution in [2.75, 3.05) is 18.6 Å². The maximum absolute atomic E-state index is 13.0. The van der Waals surface area contributed by atoms with Gasteiger partial charge in [-0.3, -0.25) is 4.79 Å². The van der Waals surface area contributed by atoms with Crippen molar-refractivity contribution >= 4 is 11.6 Å². The summed E-state index contributed by atoms with van der Waals surface area (Å²) in [5, 5.41) is 0. The Kier molecular flexibility index (Phi) is 4.86. The summed E-state index contributed by atoms with van der Waals surface area (Å²) in [4.78, 5) is 14.7. The van der Waals surface area contributed by atoms with Crippen LogP contribution in [0, 0.1) is 5.41 Å². The highest BCUT2D eigenvalue weighted by molar-refractivity contribution is 6.01. The smallest absolute Gasteiger partial charge is 0.247 e. The Morgan fingerprint density at radius 1 is 1.29 bits per heavy atom. The van der Waals surface area contributed by atoms with Crippen LogP contribution in [0.15, 0.2) is 24.3 Å². The molecule has 1 aromatic carbocycles. The van der Waals surface area contributed by atoms with Crippen LogP contribution in [-0.2, 0) is 14.9 Å². The molecule has 2 N–H and O–H groups in total. The Morgan fingerprint density at radius 3 is 2.25 bits per heavy atom. The van der Waals surface area contributed by atoms with Gasteiger partial charge >= 0.3 is 0 Å². The van der Waals surface area contributed by atoms with E-state index < -0.39 is 5.54 Å². The minimum Gasteiger partial charge on any atom is -0.378 e. The van der Waals surface area contributed by atoms with Gasteiger partial charge in [0, 0.05) is 31.2 Å². The monoisotopic (exact) mass is 332 g/mol. The number of hydrogen-bond acceptors (Lipinski definition) is 3. The summed E-state index contributed by atoms with van der Waals surface area (Å²) in [5.74, 6) is -0.0491. The van der Waals surface area contributed by atoms with Crippen molar-refractivity contribution in [1.29, 1.82) is 0 Å². The second-order valence-electron chi connectivity index (χ2n) is 8.50. The topological polar surface area (TPSA) is 55.6 Å². The Hall–Kier alpha value is -1.39. The number of hydrogen-bond donors (Lipinski definition) is 1. The summed E-state index contributed by atoms with van der Waals surface area (Å²) in [6.07, 6.45) is 0.602. The molecule has 0 aliphatic heterocycles. The molecule has 1 fully saturated rings. The minimum absolute atomic E-state index is 0.0353. The second kappa shape index (κ2) is 6.16. The lowest BCUT2D eigenvalue weighted by Crippen LogP contribution is -2.75. The van der Waals surface area contributed by atoms with E-state index in [-0.39, 0.29) is 22.8 Å². The molecular weight excluding hydrogens is 300 g/mol. The fourth-order valence-corrected chi connectivity index (χ4v) is 3.40. The molecule has 2 rings (SSSR count). The maximum Gasteiger partial charge on any atom is 0.247 e. The Bertz CT molecular complexity index is 601. The zero-order chi connectivity index (χ0) is 18.3.